The van der Waals surface area contributed by atoms with Gasteiger partial charge in [-0.25, -0.2) is 13.1 Å². The van der Waals surface area contributed by atoms with Gasteiger partial charge >= 0.3 is 0 Å². The molecule has 0 fully saturated rings. The Morgan fingerprint density at radius 2 is 1.52 bits per heavy atom. The standard InChI is InChI=1S/C32H34N4O5S/c1-4-36(5-2)32(39)28(31(38)35-42(40,41)26-18-15-23-10-6-7-11-24(23)20-26)19-22-13-16-25(17-14-22)34-30(37)27-12-8-9-21(3)29(27)33/h6-18,20,28H,4-5,19,33H2,1-3H3,(H,34,37)(H,35,38). The normalized spacial score (nSPS) is 12.0. The maximum atomic E-state index is 13.4. The molecule has 0 heterocycles. The van der Waals surface area contributed by atoms with E-state index in [1.165, 1.54) is 17.0 Å². The van der Waals surface area contributed by atoms with Crippen LogP contribution >= 0.6 is 0 Å². The van der Waals surface area contributed by atoms with Crippen molar-refractivity contribution in [3.8, 4) is 0 Å². The van der Waals surface area contributed by atoms with Crippen molar-refractivity contribution in [2.45, 2.75) is 32.1 Å². The number of amides is 3. The quantitative estimate of drug-likeness (QED) is 0.185. The Hall–Kier alpha value is -4.70. The van der Waals surface area contributed by atoms with Crippen LogP contribution in [0.2, 0.25) is 0 Å². The molecule has 1 unspecified atom stereocenters. The Kier molecular flexibility index (Phi) is 9.27. The number of hydrogen-bond acceptors (Lipinski definition) is 6. The van der Waals surface area contributed by atoms with E-state index in [0.29, 0.717) is 41.0 Å². The fourth-order valence-corrected chi connectivity index (χ4v) is 5.74. The lowest BCUT2D eigenvalue weighted by Gasteiger charge is -2.25. The molecule has 9 nitrogen and oxygen atoms in total. The van der Waals surface area contributed by atoms with Gasteiger partial charge in [0, 0.05) is 24.5 Å². The maximum absolute atomic E-state index is 13.4. The van der Waals surface area contributed by atoms with Gasteiger partial charge < -0.3 is 16.0 Å². The predicted octanol–water partition coefficient (Wildman–Crippen LogP) is 4.51. The first kappa shape index (κ1) is 30.3. The molecule has 42 heavy (non-hydrogen) atoms. The molecule has 4 aromatic carbocycles. The Morgan fingerprint density at radius 3 is 2.19 bits per heavy atom. The lowest BCUT2D eigenvalue weighted by molar-refractivity contribution is -0.141. The molecule has 4 rings (SSSR count). The summed E-state index contributed by atoms with van der Waals surface area (Å²) in [5.74, 6) is -3.03. The molecule has 10 heteroatoms. The number of nitrogens with two attached hydrogens (primary N) is 1. The van der Waals surface area contributed by atoms with Crippen LogP contribution in [0.4, 0.5) is 11.4 Å². The van der Waals surface area contributed by atoms with Crippen LogP contribution < -0.4 is 15.8 Å². The Bertz CT molecular complexity index is 1730. The zero-order chi connectivity index (χ0) is 30.4. The van der Waals surface area contributed by atoms with Gasteiger partial charge in [0.1, 0.15) is 5.92 Å². The number of aryl methyl sites for hydroxylation is 1. The number of nitrogen functional groups attached to an aromatic ring is 1. The highest BCUT2D eigenvalue weighted by molar-refractivity contribution is 7.90. The van der Waals surface area contributed by atoms with Crippen molar-refractivity contribution in [1.29, 1.82) is 0 Å². The number of nitrogens with one attached hydrogen (secondary N) is 2. The lowest BCUT2D eigenvalue weighted by Crippen LogP contribution is -2.46. The van der Waals surface area contributed by atoms with Crippen LogP contribution in [0, 0.1) is 12.8 Å². The highest BCUT2D eigenvalue weighted by atomic mass is 32.2. The molecule has 4 aromatic rings. The first-order valence-corrected chi connectivity index (χ1v) is 15.1. The SMILES string of the molecule is CCN(CC)C(=O)C(Cc1ccc(NC(=O)c2cccc(C)c2N)cc1)C(=O)NS(=O)(=O)c1ccc2ccccc2c1. The van der Waals surface area contributed by atoms with E-state index in [1.807, 2.05) is 25.1 Å². The third kappa shape index (κ3) is 6.77. The summed E-state index contributed by atoms with van der Waals surface area (Å²) in [6, 6.07) is 23.8. The first-order valence-electron chi connectivity index (χ1n) is 13.6. The summed E-state index contributed by atoms with van der Waals surface area (Å²) >= 11 is 0. The molecule has 4 N–H and O–H groups in total. The van der Waals surface area contributed by atoms with Gasteiger partial charge in [-0.05, 0) is 79.4 Å². The van der Waals surface area contributed by atoms with E-state index in [4.69, 9.17) is 5.73 Å². The number of sulfonamides is 1. The smallest absolute Gasteiger partial charge is 0.264 e. The van der Waals surface area contributed by atoms with Gasteiger partial charge in [0.05, 0.1) is 10.5 Å². The number of para-hydroxylation sites is 1. The summed E-state index contributed by atoms with van der Waals surface area (Å²) in [5.41, 5.74) is 8.71. The van der Waals surface area contributed by atoms with Crippen LogP contribution in [-0.4, -0.2) is 44.1 Å². The molecule has 0 spiro atoms. The third-order valence-corrected chi connectivity index (χ3v) is 8.52. The monoisotopic (exact) mass is 586 g/mol. The maximum Gasteiger partial charge on any atom is 0.264 e. The van der Waals surface area contributed by atoms with E-state index in [-0.39, 0.29) is 17.2 Å². The number of anilines is 2. The molecule has 218 valence electrons. The number of benzene rings is 4. The fraction of sp³-hybridized carbons (Fsp3) is 0.219. The summed E-state index contributed by atoms with van der Waals surface area (Å²) in [7, 11) is -4.24. The number of rotatable bonds is 10. The van der Waals surface area contributed by atoms with E-state index in [9.17, 15) is 22.8 Å². The van der Waals surface area contributed by atoms with Crippen LogP contribution in [0.5, 0.6) is 0 Å². The van der Waals surface area contributed by atoms with Crippen molar-refractivity contribution < 1.29 is 22.8 Å². The van der Waals surface area contributed by atoms with Gasteiger partial charge in [-0.3, -0.25) is 14.4 Å². The first-order chi connectivity index (χ1) is 20.0. The van der Waals surface area contributed by atoms with E-state index in [0.717, 1.165) is 10.9 Å². The Morgan fingerprint density at radius 1 is 0.857 bits per heavy atom. The van der Waals surface area contributed by atoms with Crippen molar-refractivity contribution >= 4 is 49.9 Å². The molecule has 0 saturated carbocycles. The number of fused-ring (bicyclic) bond motifs is 1. The Labute approximate surface area is 245 Å². The van der Waals surface area contributed by atoms with Gasteiger partial charge in [0.15, 0.2) is 0 Å². The van der Waals surface area contributed by atoms with E-state index in [2.05, 4.69) is 10.0 Å². The average molecular weight is 587 g/mol. The molecule has 0 bridgehead atoms. The number of carbonyl (C=O) groups excluding carboxylic acids is 3. The molecular weight excluding hydrogens is 552 g/mol. The Balaban J connectivity index is 1.54. The second kappa shape index (κ2) is 12.9. The third-order valence-electron chi connectivity index (χ3n) is 7.18. The van der Waals surface area contributed by atoms with Crippen molar-refractivity contribution in [2.24, 2.45) is 5.92 Å². The zero-order valence-electron chi connectivity index (χ0n) is 23.8. The van der Waals surface area contributed by atoms with E-state index in [1.54, 1.807) is 68.4 Å². The van der Waals surface area contributed by atoms with Crippen LogP contribution in [0.3, 0.4) is 0 Å². The molecule has 0 aliphatic heterocycles. The van der Waals surface area contributed by atoms with Crippen LogP contribution in [0.25, 0.3) is 10.8 Å². The van der Waals surface area contributed by atoms with Gasteiger partial charge in [-0.2, -0.15) is 0 Å². The molecule has 0 saturated heterocycles. The molecule has 0 radical (unpaired) electrons. The van der Waals surface area contributed by atoms with Crippen LogP contribution in [0.1, 0.15) is 35.3 Å². The van der Waals surface area contributed by atoms with Gasteiger partial charge in [0.25, 0.3) is 15.9 Å². The minimum absolute atomic E-state index is 0.0343. The summed E-state index contributed by atoms with van der Waals surface area (Å²) in [4.78, 5) is 40.9. The molecule has 0 aliphatic rings. The molecule has 1 atom stereocenters. The van der Waals surface area contributed by atoms with Crippen LogP contribution in [-0.2, 0) is 26.0 Å². The summed E-state index contributed by atoms with van der Waals surface area (Å²) in [6.45, 7) is 6.13. The van der Waals surface area contributed by atoms with E-state index < -0.39 is 27.8 Å². The second-order valence-corrected chi connectivity index (χ2v) is 11.6. The minimum Gasteiger partial charge on any atom is -0.398 e. The number of carbonyl (C=O) groups is 3. The fourth-order valence-electron chi connectivity index (χ4n) is 4.68. The number of hydrogen-bond donors (Lipinski definition) is 3. The highest BCUT2D eigenvalue weighted by Crippen LogP contribution is 2.22. The lowest BCUT2D eigenvalue weighted by atomic mass is 9.97. The van der Waals surface area contributed by atoms with Crippen molar-refractivity contribution in [1.82, 2.24) is 9.62 Å². The molecule has 3 amide bonds. The van der Waals surface area contributed by atoms with Crippen molar-refractivity contribution in [3.63, 3.8) is 0 Å². The van der Waals surface area contributed by atoms with Crippen molar-refractivity contribution in [2.75, 3.05) is 24.1 Å². The van der Waals surface area contributed by atoms with Gasteiger partial charge in [-0.15, -0.1) is 0 Å². The van der Waals surface area contributed by atoms with Crippen LogP contribution in [0.15, 0.2) is 89.8 Å². The van der Waals surface area contributed by atoms with Gasteiger partial charge in [0.2, 0.25) is 11.8 Å². The largest absolute Gasteiger partial charge is 0.398 e. The van der Waals surface area contributed by atoms with E-state index >= 15 is 0 Å². The summed E-state index contributed by atoms with van der Waals surface area (Å²) in [5, 5.41) is 4.37. The average Bonchev–Trinajstić information content (AvgIpc) is 2.98. The van der Waals surface area contributed by atoms with Crippen molar-refractivity contribution in [3.05, 3.63) is 102 Å². The molecule has 0 aromatic heterocycles. The molecule has 0 aliphatic carbocycles. The second-order valence-electron chi connectivity index (χ2n) is 9.93. The van der Waals surface area contributed by atoms with Gasteiger partial charge in [-0.1, -0.05) is 54.6 Å². The number of nitrogens with zero attached hydrogens (tertiary/aromatic N) is 1. The minimum atomic E-state index is -4.24. The zero-order valence-corrected chi connectivity index (χ0v) is 24.6. The molecular formula is C32H34N4O5S. The highest BCUT2D eigenvalue weighted by Gasteiger charge is 2.33. The topological polar surface area (TPSA) is 139 Å². The summed E-state index contributed by atoms with van der Waals surface area (Å²) < 4.78 is 28.5. The summed E-state index contributed by atoms with van der Waals surface area (Å²) in [6.07, 6.45) is -0.0343. The predicted molar refractivity (Wildman–Crippen MR) is 164 cm³/mol.